The van der Waals surface area contributed by atoms with E-state index in [9.17, 15) is 9.59 Å². The minimum Gasteiger partial charge on any atom is -0.349 e. The van der Waals surface area contributed by atoms with Crippen molar-refractivity contribution in [3.05, 3.63) is 51.7 Å². The van der Waals surface area contributed by atoms with E-state index in [2.05, 4.69) is 10.3 Å². The smallest absolute Gasteiger partial charge is 0.263 e. The van der Waals surface area contributed by atoms with Gasteiger partial charge in [0.1, 0.15) is 5.01 Å². The summed E-state index contributed by atoms with van der Waals surface area (Å²) in [5, 5.41) is 5.80. The molecule has 5 nitrogen and oxygen atoms in total. The van der Waals surface area contributed by atoms with Crippen LogP contribution in [0.5, 0.6) is 0 Å². The fourth-order valence-corrected chi connectivity index (χ4v) is 4.83. The van der Waals surface area contributed by atoms with Gasteiger partial charge in [0.2, 0.25) is 5.91 Å². The molecule has 1 N–H and O–H groups in total. The van der Waals surface area contributed by atoms with Crippen molar-refractivity contribution in [2.75, 3.05) is 13.1 Å². The number of amides is 2. The van der Waals surface area contributed by atoms with E-state index < -0.39 is 0 Å². The Hall–Kier alpha value is -2.25. The van der Waals surface area contributed by atoms with Gasteiger partial charge in [0.05, 0.1) is 27.6 Å². The summed E-state index contributed by atoms with van der Waals surface area (Å²) >= 11 is 3.05. The summed E-state index contributed by atoms with van der Waals surface area (Å²) in [4.78, 5) is 32.2. The Morgan fingerprint density at radius 2 is 2.12 bits per heavy atom. The number of para-hydroxylation sites is 1. The Morgan fingerprint density at radius 1 is 1.23 bits per heavy atom. The molecule has 2 amide bonds. The van der Waals surface area contributed by atoms with Crippen molar-refractivity contribution in [2.24, 2.45) is 5.92 Å². The second-order valence-electron chi connectivity index (χ2n) is 6.36. The van der Waals surface area contributed by atoms with Gasteiger partial charge in [-0.1, -0.05) is 18.2 Å². The van der Waals surface area contributed by atoms with Crippen molar-refractivity contribution in [1.82, 2.24) is 15.2 Å². The maximum Gasteiger partial charge on any atom is 0.263 e. The molecule has 0 radical (unpaired) electrons. The number of carbonyl (C=O) groups excluding carboxylic acids is 2. The normalized spacial score (nSPS) is 17.4. The summed E-state index contributed by atoms with van der Waals surface area (Å²) in [7, 11) is 0. The van der Waals surface area contributed by atoms with E-state index in [1.165, 1.54) is 11.3 Å². The first kappa shape index (κ1) is 17.2. The first-order valence-electron chi connectivity index (χ1n) is 8.65. The van der Waals surface area contributed by atoms with Gasteiger partial charge in [0.25, 0.3) is 5.91 Å². The number of hydrogen-bond acceptors (Lipinski definition) is 5. The van der Waals surface area contributed by atoms with Gasteiger partial charge in [-0.3, -0.25) is 9.59 Å². The highest BCUT2D eigenvalue weighted by atomic mass is 32.1. The second kappa shape index (κ2) is 7.55. The average molecular weight is 386 g/mol. The van der Waals surface area contributed by atoms with Crippen LogP contribution >= 0.6 is 22.7 Å². The molecule has 1 aliphatic heterocycles. The van der Waals surface area contributed by atoms with Crippen LogP contribution in [0.1, 0.15) is 27.5 Å². The quantitative estimate of drug-likeness (QED) is 0.747. The molecule has 0 unspecified atom stereocenters. The van der Waals surface area contributed by atoms with Crippen molar-refractivity contribution >= 4 is 44.7 Å². The average Bonchev–Trinajstić information content (AvgIpc) is 3.35. The summed E-state index contributed by atoms with van der Waals surface area (Å²) < 4.78 is 1.13. The molecule has 134 valence electrons. The van der Waals surface area contributed by atoms with Crippen molar-refractivity contribution in [3.63, 3.8) is 0 Å². The zero-order valence-electron chi connectivity index (χ0n) is 14.2. The van der Waals surface area contributed by atoms with Crippen LogP contribution < -0.4 is 5.32 Å². The fraction of sp³-hybridized carbons (Fsp3) is 0.316. The predicted octanol–water partition coefficient (Wildman–Crippen LogP) is 3.53. The Bertz CT molecular complexity index is 887. The molecule has 0 bridgehead atoms. The molecule has 0 saturated carbocycles. The monoisotopic (exact) mass is 385 g/mol. The van der Waals surface area contributed by atoms with Gasteiger partial charge < -0.3 is 10.2 Å². The number of benzene rings is 1. The third-order valence-corrected chi connectivity index (χ3v) is 6.46. The SMILES string of the molecule is O=C(NCc1nc2ccccc2s1)[C@H]1CCCN(C(=O)c2cccs2)C1. The van der Waals surface area contributed by atoms with E-state index in [4.69, 9.17) is 0 Å². The van der Waals surface area contributed by atoms with Crippen LogP contribution in [0.2, 0.25) is 0 Å². The highest BCUT2D eigenvalue weighted by Gasteiger charge is 2.29. The zero-order valence-corrected chi connectivity index (χ0v) is 15.8. The summed E-state index contributed by atoms with van der Waals surface area (Å²) in [5.74, 6) is -0.112. The van der Waals surface area contributed by atoms with Crippen LogP contribution in [-0.4, -0.2) is 34.8 Å². The molecule has 3 heterocycles. The minimum atomic E-state index is -0.151. The van der Waals surface area contributed by atoms with Gasteiger partial charge in [0.15, 0.2) is 0 Å². The van der Waals surface area contributed by atoms with E-state index in [0.717, 1.165) is 39.5 Å². The Balaban J connectivity index is 1.36. The van der Waals surface area contributed by atoms with Crippen molar-refractivity contribution in [2.45, 2.75) is 19.4 Å². The molecule has 1 atom stereocenters. The molecule has 1 fully saturated rings. The van der Waals surface area contributed by atoms with Gasteiger partial charge >= 0.3 is 0 Å². The molecular formula is C19H19N3O2S2. The largest absolute Gasteiger partial charge is 0.349 e. The van der Waals surface area contributed by atoms with Crippen molar-refractivity contribution in [3.8, 4) is 0 Å². The van der Waals surface area contributed by atoms with Crippen LogP contribution in [0.15, 0.2) is 41.8 Å². The molecule has 4 rings (SSSR count). The number of thiophene rings is 1. The number of likely N-dealkylation sites (tertiary alicyclic amines) is 1. The molecule has 3 aromatic rings. The standard InChI is InChI=1S/C19H19N3O2S2/c23-18(20-11-17-21-14-6-1-2-7-15(14)26-17)13-5-3-9-22(12-13)19(24)16-8-4-10-25-16/h1-2,4,6-8,10,13H,3,5,9,11-12H2,(H,20,23)/t13-/m0/s1. The van der Waals surface area contributed by atoms with Gasteiger partial charge in [-0.15, -0.1) is 22.7 Å². The number of piperidine rings is 1. The number of carbonyl (C=O) groups is 2. The Labute approximate surface area is 159 Å². The predicted molar refractivity (Wildman–Crippen MR) is 104 cm³/mol. The second-order valence-corrected chi connectivity index (χ2v) is 8.42. The van der Waals surface area contributed by atoms with Crippen LogP contribution in [0.25, 0.3) is 10.2 Å². The maximum atomic E-state index is 12.6. The number of rotatable bonds is 4. The summed E-state index contributed by atoms with van der Waals surface area (Å²) in [6.45, 7) is 1.65. The van der Waals surface area contributed by atoms with Crippen molar-refractivity contribution in [1.29, 1.82) is 0 Å². The maximum absolute atomic E-state index is 12.6. The topological polar surface area (TPSA) is 62.3 Å². The third kappa shape index (κ3) is 3.64. The summed E-state index contributed by atoms with van der Waals surface area (Å²) in [6, 6.07) is 11.7. The number of nitrogens with zero attached hydrogens (tertiary/aromatic N) is 2. The van der Waals surface area contributed by atoms with Gasteiger partial charge in [-0.2, -0.15) is 0 Å². The lowest BCUT2D eigenvalue weighted by atomic mass is 9.97. The number of fused-ring (bicyclic) bond motifs is 1. The van der Waals surface area contributed by atoms with E-state index in [-0.39, 0.29) is 17.7 Å². The van der Waals surface area contributed by atoms with E-state index >= 15 is 0 Å². The Morgan fingerprint density at radius 3 is 2.92 bits per heavy atom. The lowest BCUT2D eigenvalue weighted by Crippen LogP contribution is -2.45. The van der Waals surface area contributed by atoms with Gasteiger partial charge in [-0.05, 0) is 36.4 Å². The molecule has 1 aromatic carbocycles. The summed E-state index contributed by atoms with van der Waals surface area (Å²) in [5.41, 5.74) is 0.965. The molecule has 0 aliphatic carbocycles. The van der Waals surface area contributed by atoms with Crippen molar-refractivity contribution < 1.29 is 9.59 Å². The number of aromatic nitrogens is 1. The Kier molecular flexibility index (Phi) is 4.99. The van der Waals surface area contributed by atoms with Crippen LogP contribution in [0.4, 0.5) is 0 Å². The minimum absolute atomic E-state index is 0.00735. The number of nitrogens with one attached hydrogen (secondary N) is 1. The van der Waals surface area contributed by atoms with E-state index in [1.54, 1.807) is 16.2 Å². The molecule has 7 heteroatoms. The van der Waals surface area contributed by atoms with Crippen LogP contribution in [0.3, 0.4) is 0 Å². The summed E-state index contributed by atoms with van der Waals surface area (Å²) in [6.07, 6.45) is 1.68. The molecule has 0 spiro atoms. The molecule has 26 heavy (non-hydrogen) atoms. The third-order valence-electron chi connectivity index (χ3n) is 4.56. The van der Waals surface area contributed by atoms with Gasteiger partial charge in [-0.25, -0.2) is 4.98 Å². The number of thiazole rings is 1. The lowest BCUT2D eigenvalue weighted by molar-refractivity contribution is -0.126. The first-order valence-corrected chi connectivity index (χ1v) is 10.4. The molecule has 1 saturated heterocycles. The van der Waals surface area contributed by atoms with Gasteiger partial charge in [0, 0.05) is 13.1 Å². The fourth-order valence-electron chi connectivity index (χ4n) is 3.23. The zero-order chi connectivity index (χ0) is 17.9. The van der Waals surface area contributed by atoms with Crippen LogP contribution in [-0.2, 0) is 11.3 Å². The number of hydrogen-bond donors (Lipinski definition) is 1. The molecule has 1 aliphatic rings. The van der Waals surface area contributed by atoms with Crippen LogP contribution in [0, 0.1) is 5.92 Å². The first-order chi connectivity index (χ1) is 12.7. The highest BCUT2D eigenvalue weighted by molar-refractivity contribution is 7.18. The lowest BCUT2D eigenvalue weighted by Gasteiger charge is -2.31. The molecule has 2 aromatic heterocycles. The highest BCUT2D eigenvalue weighted by Crippen LogP contribution is 2.23. The molecular weight excluding hydrogens is 366 g/mol. The van der Waals surface area contributed by atoms with E-state index in [1.807, 2.05) is 41.8 Å². The van der Waals surface area contributed by atoms with E-state index in [0.29, 0.717) is 13.1 Å².